The maximum absolute atomic E-state index is 12.8. The standard InChI is InChI=1S/C27H37F3/c1-2-3-4-19-5-6-25-18-24(12-11-23(25)17-19)22-9-7-20(8-10-22)21-13-15-26(16-14-21)27(28,29)30/h2,13-16,19-20,22-25H,1,3-12,17-18H2. The van der Waals surface area contributed by atoms with Gasteiger partial charge in [0, 0.05) is 0 Å². The Balaban J connectivity index is 1.26. The van der Waals surface area contributed by atoms with Crippen LogP contribution in [0.4, 0.5) is 13.2 Å². The highest BCUT2D eigenvalue weighted by Gasteiger charge is 2.38. The monoisotopic (exact) mass is 418 g/mol. The fraction of sp³-hybridized carbons (Fsp3) is 0.704. The molecule has 0 bridgehead atoms. The highest BCUT2D eigenvalue weighted by atomic mass is 19.4. The summed E-state index contributed by atoms with van der Waals surface area (Å²) in [7, 11) is 0. The van der Waals surface area contributed by atoms with E-state index in [0.29, 0.717) is 5.92 Å². The molecule has 0 spiro atoms. The first-order valence-electron chi connectivity index (χ1n) is 12.2. The molecule has 0 radical (unpaired) electrons. The van der Waals surface area contributed by atoms with E-state index >= 15 is 0 Å². The molecule has 0 aliphatic heterocycles. The van der Waals surface area contributed by atoms with Crippen LogP contribution in [0.15, 0.2) is 36.9 Å². The van der Waals surface area contributed by atoms with Crippen LogP contribution in [0.3, 0.4) is 0 Å². The topological polar surface area (TPSA) is 0 Å². The van der Waals surface area contributed by atoms with Crippen molar-refractivity contribution in [1.82, 2.24) is 0 Å². The summed E-state index contributed by atoms with van der Waals surface area (Å²) in [6, 6.07) is 5.94. The van der Waals surface area contributed by atoms with Crippen molar-refractivity contribution in [3.05, 3.63) is 48.0 Å². The third-order valence-electron chi connectivity index (χ3n) is 8.69. The lowest BCUT2D eigenvalue weighted by Gasteiger charge is -2.45. The molecule has 0 aromatic heterocycles. The molecule has 4 atom stereocenters. The van der Waals surface area contributed by atoms with Gasteiger partial charge >= 0.3 is 6.18 Å². The molecule has 4 unspecified atom stereocenters. The van der Waals surface area contributed by atoms with Crippen LogP contribution < -0.4 is 0 Å². The summed E-state index contributed by atoms with van der Waals surface area (Å²) in [5.74, 6) is 5.03. The second kappa shape index (κ2) is 9.49. The molecule has 1 aromatic rings. The largest absolute Gasteiger partial charge is 0.416 e. The first-order valence-corrected chi connectivity index (χ1v) is 12.2. The molecule has 3 saturated carbocycles. The van der Waals surface area contributed by atoms with Crippen molar-refractivity contribution >= 4 is 0 Å². The van der Waals surface area contributed by atoms with E-state index < -0.39 is 11.7 Å². The summed E-state index contributed by atoms with van der Waals surface area (Å²) < 4.78 is 38.4. The Bertz CT molecular complexity index is 681. The average Bonchev–Trinajstić information content (AvgIpc) is 2.77. The van der Waals surface area contributed by atoms with Crippen LogP contribution in [0.25, 0.3) is 0 Å². The van der Waals surface area contributed by atoms with Gasteiger partial charge in [-0.05, 0) is 124 Å². The zero-order chi connectivity index (χ0) is 21.1. The fourth-order valence-electron chi connectivity index (χ4n) is 6.93. The Morgan fingerprint density at radius 3 is 1.97 bits per heavy atom. The average molecular weight is 419 g/mol. The van der Waals surface area contributed by atoms with Gasteiger partial charge in [-0.1, -0.05) is 24.6 Å². The Kier molecular flexibility index (Phi) is 6.95. The minimum absolute atomic E-state index is 0.445. The van der Waals surface area contributed by atoms with E-state index in [4.69, 9.17) is 0 Å². The molecule has 3 aliphatic rings. The van der Waals surface area contributed by atoms with Gasteiger partial charge in [-0.25, -0.2) is 0 Å². The van der Waals surface area contributed by atoms with E-state index in [1.54, 1.807) is 12.1 Å². The summed E-state index contributed by atoms with van der Waals surface area (Å²) in [5.41, 5.74) is 0.568. The Hall–Kier alpha value is -1.25. The van der Waals surface area contributed by atoms with Crippen molar-refractivity contribution in [1.29, 1.82) is 0 Å². The van der Waals surface area contributed by atoms with Gasteiger partial charge in [-0.3, -0.25) is 0 Å². The molecule has 0 amide bonds. The number of hydrogen-bond donors (Lipinski definition) is 0. The lowest BCUT2D eigenvalue weighted by molar-refractivity contribution is -0.137. The molecule has 3 fully saturated rings. The second-order valence-electron chi connectivity index (χ2n) is 10.4. The lowest BCUT2D eigenvalue weighted by atomic mass is 9.60. The summed E-state index contributed by atoms with van der Waals surface area (Å²) >= 11 is 0. The Labute approximate surface area is 180 Å². The van der Waals surface area contributed by atoms with Gasteiger partial charge < -0.3 is 0 Å². The molecule has 0 nitrogen and oxygen atoms in total. The molecule has 0 heterocycles. The number of benzene rings is 1. The third kappa shape index (κ3) is 5.14. The molecule has 3 heteroatoms. The molecule has 0 N–H and O–H groups in total. The minimum atomic E-state index is -4.24. The van der Waals surface area contributed by atoms with E-state index in [1.165, 1.54) is 76.3 Å². The molecule has 4 rings (SSSR count). The van der Waals surface area contributed by atoms with Gasteiger partial charge in [0.05, 0.1) is 5.56 Å². The first kappa shape index (κ1) is 22.0. The summed E-state index contributed by atoms with van der Waals surface area (Å²) in [6.07, 6.45) is 13.7. The maximum Gasteiger partial charge on any atom is 0.416 e. The SMILES string of the molecule is C=CCCC1CCC2CC(C3CCC(c4ccc(C(F)(F)F)cc4)CC3)CCC2C1. The van der Waals surface area contributed by atoms with E-state index in [-0.39, 0.29) is 0 Å². The fourth-order valence-corrected chi connectivity index (χ4v) is 6.93. The van der Waals surface area contributed by atoms with Gasteiger partial charge in [0.25, 0.3) is 0 Å². The Morgan fingerprint density at radius 2 is 1.33 bits per heavy atom. The minimum Gasteiger partial charge on any atom is -0.166 e. The predicted molar refractivity (Wildman–Crippen MR) is 117 cm³/mol. The van der Waals surface area contributed by atoms with Crippen LogP contribution in [0.5, 0.6) is 0 Å². The van der Waals surface area contributed by atoms with Crippen LogP contribution in [-0.4, -0.2) is 0 Å². The smallest absolute Gasteiger partial charge is 0.166 e. The maximum atomic E-state index is 12.8. The van der Waals surface area contributed by atoms with Crippen molar-refractivity contribution in [2.24, 2.45) is 29.6 Å². The molecule has 1 aromatic carbocycles. The van der Waals surface area contributed by atoms with E-state index in [9.17, 15) is 13.2 Å². The number of alkyl halides is 3. The number of halogens is 3. The zero-order valence-corrected chi connectivity index (χ0v) is 18.2. The molecular weight excluding hydrogens is 381 g/mol. The normalized spacial score (nSPS) is 34.9. The van der Waals surface area contributed by atoms with E-state index in [0.717, 1.165) is 48.0 Å². The van der Waals surface area contributed by atoms with Crippen LogP contribution in [0.1, 0.15) is 94.1 Å². The molecule has 30 heavy (non-hydrogen) atoms. The highest BCUT2D eigenvalue weighted by Crippen LogP contribution is 2.50. The van der Waals surface area contributed by atoms with E-state index in [2.05, 4.69) is 12.7 Å². The van der Waals surface area contributed by atoms with Crippen LogP contribution in [0, 0.1) is 29.6 Å². The molecular formula is C27H37F3. The van der Waals surface area contributed by atoms with Crippen molar-refractivity contribution < 1.29 is 13.2 Å². The quantitative estimate of drug-likeness (QED) is 0.419. The van der Waals surface area contributed by atoms with Crippen LogP contribution in [0.2, 0.25) is 0 Å². The van der Waals surface area contributed by atoms with Crippen molar-refractivity contribution in [2.75, 3.05) is 0 Å². The zero-order valence-electron chi connectivity index (χ0n) is 18.2. The lowest BCUT2D eigenvalue weighted by Crippen LogP contribution is -2.34. The van der Waals surface area contributed by atoms with Gasteiger partial charge in [0.2, 0.25) is 0 Å². The molecule has 3 aliphatic carbocycles. The van der Waals surface area contributed by atoms with Crippen molar-refractivity contribution in [3.8, 4) is 0 Å². The summed E-state index contributed by atoms with van der Waals surface area (Å²) in [4.78, 5) is 0. The number of fused-ring (bicyclic) bond motifs is 1. The molecule has 166 valence electrons. The molecule has 0 saturated heterocycles. The third-order valence-corrected chi connectivity index (χ3v) is 8.69. The van der Waals surface area contributed by atoms with Gasteiger partial charge in [0.1, 0.15) is 0 Å². The summed E-state index contributed by atoms with van der Waals surface area (Å²) in [6.45, 7) is 3.88. The second-order valence-corrected chi connectivity index (χ2v) is 10.4. The Morgan fingerprint density at radius 1 is 0.767 bits per heavy atom. The highest BCUT2D eigenvalue weighted by molar-refractivity contribution is 5.27. The number of allylic oxidation sites excluding steroid dienone is 1. The van der Waals surface area contributed by atoms with Gasteiger partial charge in [0.15, 0.2) is 0 Å². The predicted octanol–water partition coefficient (Wildman–Crippen LogP) is 8.78. The van der Waals surface area contributed by atoms with E-state index in [1.807, 2.05) is 0 Å². The van der Waals surface area contributed by atoms with Gasteiger partial charge in [-0.15, -0.1) is 6.58 Å². The van der Waals surface area contributed by atoms with Crippen LogP contribution >= 0.6 is 0 Å². The van der Waals surface area contributed by atoms with Gasteiger partial charge in [-0.2, -0.15) is 13.2 Å². The van der Waals surface area contributed by atoms with Crippen LogP contribution in [-0.2, 0) is 6.18 Å². The first-order chi connectivity index (χ1) is 14.4. The number of hydrogen-bond acceptors (Lipinski definition) is 0. The van der Waals surface area contributed by atoms with Crippen molar-refractivity contribution in [3.63, 3.8) is 0 Å². The summed E-state index contributed by atoms with van der Waals surface area (Å²) in [5, 5.41) is 0. The van der Waals surface area contributed by atoms with Crippen molar-refractivity contribution in [2.45, 2.75) is 89.1 Å². The number of rotatable bonds is 5.